The highest BCUT2D eigenvalue weighted by Gasteiger charge is 2.56. The highest BCUT2D eigenvalue weighted by atomic mass is 32.2. The van der Waals surface area contributed by atoms with Gasteiger partial charge in [-0.15, -0.1) is 11.3 Å². The number of ketones is 1. The number of fused-ring (bicyclic) bond motifs is 1. The molecule has 12 heteroatoms. The number of nitrogens with one attached hydrogen (secondary N) is 1. The number of amides is 2. The van der Waals surface area contributed by atoms with Crippen LogP contribution in [0.4, 0.5) is 5.13 Å². The molecule has 6 rings (SSSR count). The van der Waals surface area contributed by atoms with Crippen molar-refractivity contribution in [1.82, 2.24) is 20.1 Å². The molecule has 0 bridgehead atoms. The average molecular weight is 628 g/mol. The molecule has 3 saturated heterocycles. The molecule has 10 nitrogen and oxygen atoms in total. The molecule has 4 aliphatic rings. The summed E-state index contributed by atoms with van der Waals surface area (Å²) in [5.41, 5.74) is 1.34. The van der Waals surface area contributed by atoms with Gasteiger partial charge in [0.05, 0.1) is 23.7 Å². The van der Waals surface area contributed by atoms with Crippen LogP contribution in [0.25, 0.3) is 11.3 Å². The zero-order valence-corrected chi connectivity index (χ0v) is 26.6. The predicted molar refractivity (Wildman–Crippen MR) is 169 cm³/mol. The lowest BCUT2D eigenvalue weighted by Gasteiger charge is -2.40. The highest BCUT2D eigenvalue weighted by Crippen LogP contribution is 2.38. The lowest BCUT2D eigenvalue weighted by Crippen LogP contribution is -2.62. The quantitative estimate of drug-likeness (QED) is 0.450. The number of piperazine rings is 1. The van der Waals surface area contributed by atoms with Crippen molar-refractivity contribution in [2.75, 3.05) is 70.7 Å². The van der Waals surface area contributed by atoms with Crippen molar-refractivity contribution in [3.63, 3.8) is 0 Å². The van der Waals surface area contributed by atoms with Crippen LogP contribution in [0.15, 0.2) is 29.6 Å². The van der Waals surface area contributed by atoms with E-state index in [0.29, 0.717) is 24.9 Å². The summed E-state index contributed by atoms with van der Waals surface area (Å²) in [6.07, 6.45) is 5.61. The molecule has 1 N–H and O–H groups in total. The molecule has 0 radical (unpaired) electrons. The molecule has 0 unspecified atom stereocenters. The number of methoxy groups -OCH3 is 1. The minimum Gasteiger partial charge on any atom is -0.383 e. The van der Waals surface area contributed by atoms with E-state index in [4.69, 9.17) is 14.5 Å². The summed E-state index contributed by atoms with van der Waals surface area (Å²) >= 11 is 3.27. The lowest BCUT2D eigenvalue weighted by atomic mass is 9.80. The summed E-state index contributed by atoms with van der Waals surface area (Å²) in [6, 6.07) is 6.91. The maximum Gasteiger partial charge on any atom is 0.252 e. The number of likely N-dealkylation sites (tertiary alicyclic amines) is 1. The second-order valence-corrected chi connectivity index (χ2v) is 13.8. The first-order chi connectivity index (χ1) is 20.9. The van der Waals surface area contributed by atoms with Crippen molar-refractivity contribution in [2.45, 2.75) is 55.0 Å². The van der Waals surface area contributed by atoms with Crippen LogP contribution < -0.4 is 10.2 Å². The maximum atomic E-state index is 14.2. The van der Waals surface area contributed by atoms with Crippen molar-refractivity contribution in [1.29, 1.82) is 0 Å². The molecule has 43 heavy (non-hydrogen) atoms. The number of rotatable bonds is 9. The number of hydrogen-bond acceptors (Lipinski definition) is 10. The topological polar surface area (TPSA) is 104 Å². The normalized spacial score (nSPS) is 25.6. The van der Waals surface area contributed by atoms with E-state index >= 15 is 0 Å². The fourth-order valence-corrected chi connectivity index (χ4v) is 8.55. The number of thiazole rings is 1. The summed E-state index contributed by atoms with van der Waals surface area (Å²) in [5, 5.41) is 6.29. The molecular formula is C31H41N5O5S2. The number of thioether (sulfide) groups is 1. The van der Waals surface area contributed by atoms with Gasteiger partial charge in [0.15, 0.2) is 10.9 Å². The standard InChI is InChI=1S/C31H41N5O5S2/c1-40-17-16-34-12-14-35(15-13-34)30-32-23(20-43-30)21-6-8-22(9-7-21)28(38)33-31(10-4-3-5-11-31)29(39)36-18-25(42-2)27-26(36)24(37)19-41-27/h6-9,20,25-27H,3-5,10-19H2,1-2H3,(H,33,38)/t25-,26+,27-/m0/s1. The molecule has 2 aromatic rings. The van der Waals surface area contributed by atoms with Gasteiger partial charge in [0.2, 0.25) is 5.91 Å². The van der Waals surface area contributed by atoms with Gasteiger partial charge < -0.3 is 24.6 Å². The number of anilines is 1. The fraction of sp³-hybridized carbons (Fsp3) is 0.613. The molecule has 1 saturated carbocycles. The predicted octanol–water partition coefficient (Wildman–Crippen LogP) is 2.92. The minimum atomic E-state index is -1.01. The van der Waals surface area contributed by atoms with Crippen LogP contribution in [0.3, 0.4) is 0 Å². The Morgan fingerprint density at radius 1 is 1.14 bits per heavy atom. The molecule has 1 aliphatic carbocycles. The summed E-state index contributed by atoms with van der Waals surface area (Å²) in [7, 11) is 1.74. The van der Waals surface area contributed by atoms with E-state index in [1.165, 1.54) is 0 Å². The second kappa shape index (κ2) is 13.2. The van der Waals surface area contributed by atoms with Crippen LogP contribution in [0, 0.1) is 0 Å². The SMILES string of the molecule is COCCN1CCN(c2nc(-c3ccc(C(=O)NC4(C(=O)N5C[C@H](SC)[C@@H]6OCC(=O)[C@H]65)CCCCC4)cc3)cs2)CC1. The number of carbonyl (C=O) groups excluding carboxylic acids is 3. The summed E-state index contributed by atoms with van der Waals surface area (Å²) in [5.74, 6) is -0.451. The van der Waals surface area contributed by atoms with Crippen molar-refractivity contribution in [3.05, 3.63) is 35.2 Å². The number of nitrogens with zero attached hydrogens (tertiary/aromatic N) is 4. The van der Waals surface area contributed by atoms with Crippen molar-refractivity contribution in [3.8, 4) is 11.3 Å². The molecule has 3 aliphatic heterocycles. The van der Waals surface area contributed by atoms with E-state index in [-0.39, 0.29) is 35.6 Å². The van der Waals surface area contributed by atoms with Crippen LogP contribution in [0.1, 0.15) is 42.5 Å². The van der Waals surface area contributed by atoms with Crippen molar-refractivity contribution < 1.29 is 23.9 Å². The Balaban J connectivity index is 1.12. The largest absolute Gasteiger partial charge is 0.383 e. The van der Waals surface area contributed by atoms with Crippen LogP contribution in [-0.2, 0) is 19.1 Å². The fourth-order valence-electron chi connectivity index (χ4n) is 6.86. The first-order valence-electron chi connectivity index (χ1n) is 15.3. The van der Waals surface area contributed by atoms with E-state index in [9.17, 15) is 14.4 Å². The Hall–Kier alpha value is -2.51. The van der Waals surface area contributed by atoms with E-state index in [0.717, 1.165) is 75.0 Å². The summed E-state index contributed by atoms with van der Waals surface area (Å²) in [6.45, 7) is 6.08. The summed E-state index contributed by atoms with van der Waals surface area (Å²) < 4.78 is 11.0. The molecule has 4 heterocycles. The van der Waals surface area contributed by atoms with Crippen molar-refractivity contribution in [2.24, 2.45) is 0 Å². The van der Waals surface area contributed by atoms with E-state index in [1.807, 2.05) is 30.5 Å². The number of ether oxygens (including phenoxy) is 2. The van der Waals surface area contributed by atoms with Gasteiger partial charge in [-0.1, -0.05) is 31.4 Å². The lowest BCUT2D eigenvalue weighted by molar-refractivity contribution is -0.143. The molecule has 1 aromatic heterocycles. The third kappa shape index (κ3) is 6.22. The number of Topliss-reactive ketones (excluding diaryl/α,β-unsaturated/α-hetero) is 1. The number of benzene rings is 1. The van der Waals surface area contributed by atoms with Crippen molar-refractivity contribution >= 4 is 45.8 Å². The van der Waals surface area contributed by atoms with Gasteiger partial charge in [0.25, 0.3) is 5.91 Å². The third-order valence-electron chi connectivity index (χ3n) is 9.36. The molecule has 0 spiro atoms. The van der Waals surface area contributed by atoms with E-state index < -0.39 is 11.6 Å². The minimum absolute atomic E-state index is 0.0442. The zero-order valence-electron chi connectivity index (χ0n) is 25.0. The monoisotopic (exact) mass is 627 g/mol. The van der Waals surface area contributed by atoms with Gasteiger partial charge in [-0.3, -0.25) is 19.3 Å². The molecule has 3 atom stereocenters. The Kier molecular flexibility index (Phi) is 9.39. The highest BCUT2D eigenvalue weighted by molar-refractivity contribution is 7.99. The Morgan fingerprint density at radius 2 is 1.88 bits per heavy atom. The zero-order chi connectivity index (χ0) is 30.0. The first kappa shape index (κ1) is 30.5. The van der Waals surface area contributed by atoms with E-state index in [1.54, 1.807) is 35.1 Å². The van der Waals surface area contributed by atoms with Crippen LogP contribution in [-0.4, -0.2) is 121 Å². The van der Waals surface area contributed by atoms with Gasteiger partial charge in [0.1, 0.15) is 18.2 Å². The Bertz CT molecular complexity index is 1310. The van der Waals surface area contributed by atoms with Gasteiger partial charge in [0, 0.05) is 62.9 Å². The number of hydrogen-bond donors (Lipinski definition) is 1. The first-order valence-corrected chi connectivity index (χ1v) is 17.4. The molecule has 2 amide bonds. The molecule has 232 valence electrons. The van der Waals surface area contributed by atoms with Gasteiger partial charge in [-0.25, -0.2) is 4.98 Å². The van der Waals surface area contributed by atoms with Crippen LogP contribution in [0.2, 0.25) is 0 Å². The maximum absolute atomic E-state index is 14.2. The molecular weight excluding hydrogens is 587 g/mol. The van der Waals surface area contributed by atoms with Gasteiger partial charge in [-0.2, -0.15) is 11.8 Å². The number of carbonyl (C=O) groups is 3. The van der Waals surface area contributed by atoms with Crippen LogP contribution >= 0.6 is 23.1 Å². The molecule has 1 aromatic carbocycles. The average Bonchev–Trinajstić information content (AvgIpc) is 3.78. The van der Waals surface area contributed by atoms with Crippen LogP contribution in [0.5, 0.6) is 0 Å². The smallest absolute Gasteiger partial charge is 0.252 e. The second-order valence-electron chi connectivity index (χ2n) is 11.9. The Labute approximate surface area is 261 Å². The van der Waals surface area contributed by atoms with Gasteiger partial charge >= 0.3 is 0 Å². The third-order valence-corrected chi connectivity index (χ3v) is 11.3. The van der Waals surface area contributed by atoms with Gasteiger partial charge in [-0.05, 0) is 31.2 Å². The van der Waals surface area contributed by atoms with E-state index in [2.05, 4.69) is 20.5 Å². The summed E-state index contributed by atoms with van der Waals surface area (Å²) in [4.78, 5) is 51.8. The molecule has 4 fully saturated rings. The number of aromatic nitrogens is 1. The Morgan fingerprint density at radius 3 is 2.58 bits per heavy atom.